The van der Waals surface area contributed by atoms with Gasteiger partial charge in [0.1, 0.15) is 5.75 Å². The van der Waals surface area contributed by atoms with Gasteiger partial charge in [-0.2, -0.15) is 0 Å². The Balaban J connectivity index is 1.92. The molecule has 1 aromatic rings. The van der Waals surface area contributed by atoms with Crippen LogP contribution >= 0.6 is 0 Å². The molecule has 0 saturated heterocycles. The predicted molar refractivity (Wildman–Crippen MR) is 64.4 cm³/mol. The van der Waals surface area contributed by atoms with E-state index in [9.17, 15) is 0 Å². The fraction of sp³-hybridized carbons (Fsp3) is 0.615. The van der Waals surface area contributed by atoms with Gasteiger partial charge in [-0.25, -0.2) is 0 Å². The third-order valence-electron chi connectivity index (χ3n) is 2.70. The molecule has 0 spiro atoms. The van der Waals surface area contributed by atoms with Crippen molar-refractivity contribution in [1.29, 1.82) is 0 Å². The summed E-state index contributed by atoms with van der Waals surface area (Å²) in [5, 5.41) is 3.36. The monoisotopic (exact) mass is 220 g/mol. The van der Waals surface area contributed by atoms with Crippen molar-refractivity contribution in [3.8, 4) is 5.75 Å². The molecule has 0 aromatic carbocycles. The van der Waals surface area contributed by atoms with Crippen LogP contribution in [0.2, 0.25) is 0 Å². The van der Waals surface area contributed by atoms with Crippen molar-refractivity contribution in [3.05, 3.63) is 24.0 Å². The lowest BCUT2D eigenvalue weighted by atomic mass is 10.3. The largest absolute Gasteiger partial charge is 0.491 e. The van der Waals surface area contributed by atoms with E-state index >= 15 is 0 Å². The number of pyridine rings is 1. The lowest BCUT2D eigenvalue weighted by Gasteiger charge is -2.12. The molecule has 3 heteroatoms. The molecule has 0 radical (unpaired) electrons. The van der Waals surface area contributed by atoms with Crippen molar-refractivity contribution >= 4 is 0 Å². The van der Waals surface area contributed by atoms with Gasteiger partial charge in [0.2, 0.25) is 0 Å². The van der Waals surface area contributed by atoms with E-state index < -0.39 is 0 Å². The van der Waals surface area contributed by atoms with Crippen molar-refractivity contribution < 1.29 is 4.74 Å². The fourth-order valence-electron chi connectivity index (χ4n) is 1.48. The Bertz CT molecular complexity index is 309. The first-order chi connectivity index (χ1) is 7.75. The molecule has 3 nitrogen and oxygen atoms in total. The molecular weight excluding hydrogens is 200 g/mol. The van der Waals surface area contributed by atoms with Gasteiger partial charge in [0.05, 0.1) is 12.3 Å². The van der Waals surface area contributed by atoms with Gasteiger partial charge >= 0.3 is 0 Å². The van der Waals surface area contributed by atoms with E-state index in [0.29, 0.717) is 6.04 Å². The Labute approximate surface area is 97.2 Å². The van der Waals surface area contributed by atoms with E-state index in [0.717, 1.165) is 30.5 Å². The van der Waals surface area contributed by atoms with Gasteiger partial charge in [0.15, 0.2) is 0 Å². The molecule has 88 valence electrons. The second-order valence-electron chi connectivity index (χ2n) is 4.74. The number of rotatable bonds is 6. The van der Waals surface area contributed by atoms with Crippen LogP contribution in [0.4, 0.5) is 0 Å². The lowest BCUT2D eigenvalue weighted by molar-refractivity contribution is 0.294. The average molecular weight is 220 g/mol. The highest BCUT2D eigenvalue weighted by atomic mass is 16.5. The van der Waals surface area contributed by atoms with E-state index in [1.807, 2.05) is 18.3 Å². The zero-order chi connectivity index (χ0) is 11.4. The second kappa shape index (κ2) is 5.30. The van der Waals surface area contributed by atoms with Crippen LogP contribution in [0.15, 0.2) is 18.3 Å². The number of hydrogen-bond donors (Lipinski definition) is 1. The smallest absolute Gasteiger partial charge is 0.142 e. The molecule has 0 unspecified atom stereocenters. The highest BCUT2D eigenvalue weighted by Crippen LogP contribution is 2.30. The molecule has 1 heterocycles. The summed E-state index contributed by atoms with van der Waals surface area (Å²) in [5.41, 5.74) is 1.01. The van der Waals surface area contributed by atoms with Crippen molar-refractivity contribution in [1.82, 2.24) is 10.3 Å². The minimum Gasteiger partial charge on any atom is -0.491 e. The molecule has 0 atom stereocenters. The summed E-state index contributed by atoms with van der Waals surface area (Å²) in [6, 6.07) is 4.41. The van der Waals surface area contributed by atoms with Crippen LogP contribution in [0.25, 0.3) is 0 Å². The highest BCUT2D eigenvalue weighted by Gasteiger charge is 2.22. The molecule has 1 fully saturated rings. The maximum atomic E-state index is 5.79. The summed E-state index contributed by atoms with van der Waals surface area (Å²) in [6.07, 6.45) is 4.46. The van der Waals surface area contributed by atoms with Crippen molar-refractivity contribution in [3.63, 3.8) is 0 Å². The number of nitrogens with zero attached hydrogens (tertiary/aromatic N) is 1. The Kier molecular flexibility index (Phi) is 3.78. The summed E-state index contributed by atoms with van der Waals surface area (Å²) in [6.45, 7) is 5.89. The molecule has 0 bridgehead atoms. The van der Waals surface area contributed by atoms with E-state index in [4.69, 9.17) is 4.74 Å². The van der Waals surface area contributed by atoms with Crippen molar-refractivity contribution in [2.75, 3.05) is 6.61 Å². The Morgan fingerprint density at radius 3 is 3.00 bits per heavy atom. The molecule has 0 amide bonds. The van der Waals surface area contributed by atoms with Gasteiger partial charge < -0.3 is 10.1 Å². The minimum atomic E-state index is 0.471. The van der Waals surface area contributed by atoms with Gasteiger partial charge in [-0.1, -0.05) is 13.8 Å². The van der Waals surface area contributed by atoms with Crippen molar-refractivity contribution in [2.24, 2.45) is 5.92 Å². The van der Waals surface area contributed by atoms with Crippen LogP contribution in [0.5, 0.6) is 5.75 Å². The average Bonchev–Trinajstić information content (AvgIpc) is 3.08. The third-order valence-corrected chi connectivity index (χ3v) is 2.70. The predicted octanol–water partition coefficient (Wildman–Crippen LogP) is 2.37. The zero-order valence-corrected chi connectivity index (χ0v) is 10.1. The first-order valence-corrected chi connectivity index (χ1v) is 6.06. The Morgan fingerprint density at radius 1 is 1.50 bits per heavy atom. The molecule has 2 rings (SSSR count). The standard InChI is InChI=1S/C13H20N2O/c1-10(2)15-8-12-13(4-3-7-14-12)16-9-11-5-6-11/h3-4,7,10-11,15H,5-6,8-9H2,1-2H3. The Morgan fingerprint density at radius 2 is 2.31 bits per heavy atom. The van der Waals surface area contributed by atoms with Crippen LogP contribution in [0.1, 0.15) is 32.4 Å². The van der Waals surface area contributed by atoms with E-state index in [1.165, 1.54) is 12.8 Å². The van der Waals surface area contributed by atoms with Gasteiger partial charge in [-0.05, 0) is 30.9 Å². The van der Waals surface area contributed by atoms with Crippen LogP contribution in [0, 0.1) is 5.92 Å². The summed E-state index contributed by atoms with van der Waals surface area (Å²) < 4.78 is 5.79. The van der Waals surface area contributed by atoms with Gasteiger partial charge in [-0.3, -0.25) is 4.98 Å². The highest BCUT2D eigenvalue weighted by molar-refractivity contribution is 5.26. The van der Waals surface area contributed by atoms with Crippen molar-refractivity contribution in [2.45, 2.75) is 39.3 Å². The third kappa shape index (κ3) is 3.49. The molecule has 1 aromatic heterocycles. The number of hydrogen-bond acceptors (Lipinski definition) is 3. The van der Waals surface area contributed by atoms with Gasteiger partial charge in [0, 0.05) is 18.8 Å². The maximum absolute atomic E-state index is 5.79. The topological polar surface area (TPSA) is 34.2 Å². The maximum Gasteiger partial charge on any atom is 0.142 e. The van der Waals surface area contributed by atoms with Crippen LogP contribution in [-0.4, -0.2) is 17.6 Å². The molecular formula is C13H20N2O. The first kappa shape index (κ1) is 11.4. The molecule has 1 N–H and O–H groups in total. The van der Waals surface area contributed by atoms with Crippen LogP contribution in [0.3, 0.4) is 0 Å². The van der Waals surface area contributed by atoms with Crippen LogP contribution in [-0.2, 0) is 6.54 Å². The first-order valence-electron chi connectivity index (χ1n) is 6.06. The molecule has 16 heavy (non-hydrogen) atoms. The minimum absolute atomic E-state index is 0.471. The summed E-state index contributed by atoms with van der Waals surface area (Å²) in [4.78, 5) is 4.36. The molecule has 0 aliphatic heterocycles. The number of ether oxygens (including phenoxy) is 1. The van der Waals surface area contributed by atoms with Crippen LogP contribution < -0.4 is 10.1 Å². The SMILES string of the molecule is CC(C)NCc1ncccc1OCC1CC1. The fourth-order valence-corrected chi connectivity index (χ4v) is 1.48. The molecule has 1 aliphatic rings. The molecule has 1 saturated carbocycles. The molecule has 1 aliphatic carbocycles. The van der Waals surface area contributed by atoms with E-state index in [2.05, 4.69) is 24.1 Å². The second-order valence-corrected chi connectivity index (χ2v) is 4.74. The van der Waals surface area contributed by atoms with Gasteiger partial charge in [-0.15, -0.1) is 0 Å². The summed E-state index contributed by atoms with van der Waals surface area (Å²) in [7, 11) is 0. The van der Waals surface area contributed by atoms with E-state index in [-0.39, 0.29) is 0 Å². The summed E-state index contributed by atoms with van der Waals surface area (Å²) in [5.74, 6) is 1.72. The number of aromatic nitrogens is 1. The lowest BCUT2D eigenvalue weighted by Crippen LogP contribution is -2.22. The quantitative estimate of drug-likeness (QED) is 0.799. The normalized spacial score (nSPS) is 15.4. The van der Waals surface area contributed by atoms with Gasteiger partial charge in [0.25, 0.3) is 0 Å². The zero-order valence-electron chi connectivity index (χ0n) is 10.1. The number of nitrogens with one attached hydrogen (secondary N) is 1. The Hall–Kier alpha value is -1.09. The van der Waals surface area contributed by atoms with E-state index in [1.54, 1.807) is 0 Å². The summed E-state index contributed by atoms with van der Waals surface area (Å²) >= 11 is 0.